The zero-order valence-corrected chi connectivity index (χ0v) is 39.1. The quantitative estimate of drug-likeness (QED) is 0.169. The van der Waals surface area contributed by atoms with E-state index in [9.17, 15) is 0 Å². The molecule has 51 heavy (non-hydrogen) atoms. The van der Waals surface area contributed by atoms with Crippen molar-refractivity contribution < 1.29 is 45.5 Å². The van der Waals surface area contributed by atoms with Crippen molar-refractivity contribution in [3.8, 4) is 0 Å². The van der Waals surface area contributed by atoms with Gasteiger partial charge in [-0.05, 0) is 67.7 Å². The molecule has 10 unspecified atom stereocenters. The third kappa shape index (κ3) is 5.40. The van der Waals surface area contributed by atoms with Gasteiger partial charge in [-0.2, -0.15) is 39.7 Å². The standard InChI is InChI=1S/C35H59O6P2Si2.C5H5.Fe/c1-26-16-30(5)37-27(2,17-31(6,36-26)40-30)34(26,20-42)22-15-23(44(9,10)11)25(45(12,13)14)24(22)35(21-43)28(3)18-32(7)39-29(35,4)19-33(8,38-28)41-32;1-2-4-5-3-1;/h15H,16-21,42-43H2,1-14H3;1-5H;/q2*-1;+2. The molecule has 8 aliphatic rings. The Hall–Kier alpha value is 0.273. The molecule has 0 spiro atoms. The van der Waals surface area contributed by atoms with Crippen molar-refractivity contribution >= 4 is 45.0 Å². The van der Waals surface area contributed by atoms with E-state index in [4.69, 9.17) is 28.4 Å². The summed E-state index contributed by atoms with van der Waals surface area (Å²) in [7, 11) is 2.55. The molecule has 8 heterocycles. The summed E-state index contributed by atoms with van der Waals surface area (Å²) in [5.74, 6) is -2.78. The Labute approximate surface area is 325 Å². The van der Waals surface area contributed by atoms with Crippen LogP contribution in [-0.2, 0) is 56.3 Å². The monoisotopic (exact) mass is 814 g/mol. The van der Waals surface area contributed by atoms with Gasteiger partial charge in [-0.25, -0.2) is 18.2 Å². The Morgan fingerprint density at radius 3 is 1.24 bits per heavy atom. The van der Waals surface area contributed by atoms with E-state index in [1.165, 1.54) is 11.1 Å². The first-order valence-electron chi connectivity index (χ1n) is 18.8. The molecule has 10 atom stereocenters. The van der Waals surface area contributed by atoms with Crippen LogP contribution in [0.3, 0.4) is 0 Å². The zero-order valence-electron chi connectivity index (χ0n) is 33.7. The number of hydrogen-bond acceptors (Lipinski definition) is 6. The smallest absolute Gasteiger partial charge is 0.344 e. The van der Waals surface area contributed by atoms with Gasteiger partial charge in [0.2, 0.25) is 0 Å². The van der Waals surface area contributed by atoms with Crippen molar-refractivity contribution in [3.63, 3.8) is 0 Å². The van der Waals surface area contributed by atoms with Gasteiger partial charge >= 0.3 is 17.1 Å². The van der Waals surface area contributed by atoms with E-state index in [1.807, 2.05) is 30.3 Å². The second-order valence-corrected chi connectivity index (χ2v) is 31.0. The third-order valence-corrected chi connectivity index (χ3v) is 19.1. The van der Waals surface area contributed by atoms with Crippen molar-refractivity contribution in [2.45, 2.75) is 177 Å². The average molecular weight is 815 g/mol. The SMILES string of the molecule is CC12CC3(C)OC(C)(CC(C)(O1)C3(CP)c1cc([Si](C)(C)C)[c-]([Si](C)(C)C)c1C1(CP)C3(C)CC4(C)OC(C)(CC1(C)O4)O3)O2.[Fe+2].c1cc[cH-]c1. The fourth-order valence-corrected chi connectivity index (χ4v) is 20.9. The molecular formula is C40H64FeO6P2Si2. The van der Waals surface area contributed by atoms with Gasteiger partial charge in [-0.1, -0.05) is 39.3 Å². The maximum atomic E-state index is 7.29. The van der Waals surface area contributed by atoms with Gasteiger partial charge in [-0.15, -0.1) is 18.5 Å². The van der Waals surface area contributed by atoms with Crippen molar-refractivity contribution in [1.29, 1.82) is 0 Å². The first-order valence-corrected chi connectivity index (χ1v) is 27.4. The number of ether oxygens (including phenoxy) is 6. The van der Waals surface area contributed by atoms with Crippen LogP contribution in [0.15, 0.2) is 36.4 Å². The number of hydrogen-bond donors (Lipinski definition) is 0. The van der Waals surface area contributed by atoms with E-state index in [0.29, 0.717) is 25.7 Å². The number of rotatable bonds is 6. The van der Waals surface area contributed by atoms with Crippen LogP contribution in [0.2, 0.25) is 39.3 Å². The molecule has 286 valence electrons. The molecule has 10 rings (SSSR count). The van der Waals surface area contributed by atoms with Gasteiger partial charge in [0.05, 0.1) is 30.5 Å². The van der Waals surface area contributed by atoms with E-state index in [1.54, 1.807) is 10.4 Å². The second kappa shape index (κ2) is 11.7. The van der Waals surface area contributed by atoms with E-state index in [-0.39, 0.29) is 17.1 Å². The molecule has 8 saturated heterocycles. The summed E-state index contributed by atoms with van der Waals surface area (Å²) in [4.78, 5) is 0. The van der Waals surface area contributed by atoms with Gasteiger partial charge < -0.3 is 28.4 Å². The normalized spacial score (nSPS) is 48.0. The Balaban J connectivity index is 0.000000689. The fraction of sp³-hybridized carbons (Fsp3) is 0.750. The Kier molecular flexibility index (Phi) is 9.36. The minimum absolute atomic E-state index is 0. The van der Waals surface area contributed by atoms with Crippen molar-refractivity contribution in [1.82, 2.24) is 0 Å². The Bertz CT molecular complexity index is 1570. The van der Waals surface area contributed by atoms with E-state index in [0.717, 1.165) is 12.3 Å². The predicted molar refractivity (Wildman–Crippen MR) is 215 cm³/mol. The predicted octanol–water partition coefficient (Wildman–Crippen LogP) is 7.77. The molecule has 0 amide bonds. The first-order chi connectivity index (χ1) is 22.7. The van der Waals surface area contributed by atoms with Crippen LogP contribution in [0.25, 0.3) is 0 Å². The molecule has 0 saturated carbocycles. The van der Waals surface area contributed by atoms with Crippen molar-refractivity contribution in [2.75, 3.05) is 12.3 Å². The summed E-state index contributed by atoms with van der Waals surface area (Å²) in [6, 6.07) is 12.7. The topological polar surface area (TPSA) is 55.4 Å². The van der Waals surface area contributed by atoms with Gasteiger partial charge in [0, 0.05) is 44.6 Å². The molecule has 0 radical (unpaired) electrons. The summed E-state index contributed by atoms with van der Waals surface area (Å²) in [6.07, 6.45) is 4.35. The largest absolute Gasteiger partial charge is 2.00 e. The van der Waals surface area contributed by atoms with Crippen LogP contribution in [0, 0.1) is 0 Å². The molecule has 8 bridgehead atoms. The minimum Gasteiger partial charge on any atom is -0.344 e. The van der Waals surface area contributed by atoms with Gasteiger partial charge in [-0.3, -0.25) is 0 Å². The van der Waals surface area contributed by atoms with Crippen LogP contribution >= 0.6 is 18.5 Å². The maximum absolute atomic E-state index is 7.29. The zero-order chi connectivity index (χ0) is 37.0. The summed E-state index contributed by atoms with van der Waals surface area (Å²) in [5, 5.41) is 3.21. The Morgan fingerprint density at radius 1 is 0.608 bits per heavy atom. The fourth-order valence-electron chi connectivity index (χ4n) is 13.1. The summed E-state index contributed by atoms with van der Waals surface area (Å²) in [6.45, 7) is 33.1. The maximum Gasteiger partial charge on any atom is 2.00 e. The van der Waals surface area contributed by atoms with E-state index in [2.05, 4.69) is 119 Å². The first kappa shape index (κ1) is 40.9. The van der Waals surface area contributed by atoms with Crippen molar-refractivity contribution in [2.24, 2.45) is 0 Å². The molecular weight excluding hydrogens is 750 g/mol. The van der Waals surface area contributed by atoms with Crippen LogP contribution < -0.4 is 10.4 Å². The summed E-state index contributed by atoms with van der Waals surface area (Å²) >= 11 is 0. The van der Waals surface area contributed by atoms with E-state index >= 15 is 0 Å². The molecule has 0 N–H and O–H groups in total. The van der Waals surface area contributed by atoms with Crippen LogP contribution in [0.1, 0.15) is 92.2 Å². The van der Waals surface area contributed by atoms with E-state index < -0.39 is 72.5 Å². The minimum atomic E-state index is -1.97. The van der Waals surface area contributed by atoms with Crippen molar-refractivity contribution in [3.05, 3.63) is 47.5 Å². The van der Waals surface area contributed by atoms with Gasteiger partial charge in [0.15, 0.2) is 23.1 Å². The molecule has 2 aromatic carbocycles. The molecule has 8 aliphatic heterocycles. The summed E-state index contributed by atoms with van der Waals surface area (Å²) < 4.78 is 42.2. The summed E-state index contributed by atoms with van der Waals surface area (Å²) in [5.41, 5.74) is -0.0887. The van der Waals surface area contributed by atoms with Gasteiger partial charge in [0.25, 0.3) is 0 Å². The average Bonchev–Trinajstić information content (AvgIpc) is 3.56. The molecule has 8 fully saturated rings. The Morgan fingerprint density at radius 2 is 0.961 bits per heavy atom. The molecule has 2 aromatic rings. The molecule has 11 heteroatoms. The molecule has 0 aromatic heterocycles. The second-order valence-electron chi connectivity index (χ2n) is 20.2. The van der Waals surface area contributed by atoms with Crippen LogP contribution in [0.5, 0.6) is 0 Å². The van der Waals surface area contributed by atoms with Gasteiger partial charge in [0.1, 0.15) is 0 Å². The molecule has 0 aliphatic carbocycles. The third-order valence-electron chi connectivity index (χ3n) is 13.6. The van der Waals surface area contributed by atoms with Crippen LogP contribution in [-0.4, -0.2) is 74.0 Å². The van der Waals surface area contributed by atoms with Crippen LogP contribution in [0.4, 0.5) is 0 Å². The molecule has 6 nitrogen and oxygen atoms in total.